The maximum Gasteiger partial charge on any atom is 0.191 e. The molecule has 1 aromatic carbocycles. The summed E-state index contributed by atoms with van der Waals surface area (Å²) in [5.74, 6) is 0.865. The lowest BCUT2D eigenvalue weighted by molar-refractivity contribution is 0.648. The van der Waals surface area contributed by atoms with Crippen molar-refractivity contribution in [3.63, 3.8) is 0 Å². The van der Waals surface area contributed by atoms with Crippen LogP contribution >= 0.6 is 39.9 Å². The molecule has 1 atom stereocenters. The zero-order chi connectivity index (χ0) is 18.4. The molecule has 1 aromatic heterocycles. The summed E-state index contributed by atoms with van der Waals surface area (Å²) in [6.07, 6.45) is 3.98. The number of aryl methyl sites for hydroxylation is 1. The average Bonchev–Trinajstić information content (AvgIpc) is 3.11. The summed E-state index contributed by atoms with van der Waals surface area (Å²) in [5, 5.41) is 6.96. The highest BCUT2D eigenvalue weighted by atomic mass is 127. The van der Waals surface area contributed by atoms with Crippen molar-refractivity contribution in [3.8, 4) is 0 Å². The summed E-state index contributed by atoms with van der Waals surface area (Å²) in [7, 11) is 1.82. The van der Waals surface area contributed by atoms with Crippen LogP contribution in [-0.4, -0.2) is 43.7 Å². The minimum Gasteiger partial charge on any atom is -0.368 e. The summed E-state index contributed by atoms with van der Waals surface area (Å²) in [6.45, 7) is 4.87. The molecule has 0 aliphatic carbocycles. The van der Waals surface area contributed by atoms with Crippen molar-refractivity contribution < 1.29 is 0 Å². The molecule has 27 heavy (non-hydrogen) atoms. The lowest BCUT2D eigenvalue weighted by Crippen LogP contribution is -2.45. The van der Waals surface area contributed by atoms with Crippen molar-refractivity contribution in [2.24, 2.45) is 4.99 Å². The number of hydrogen-bond donors (Lipinski definition) is 2. The summed E-state index contributed by atoms with van der Waals surface area (Å²) in [5.41, 5.74) is 3.54. The van der Waals surface area contributed by atoms with Crippen molar-refractivity contribution in [3.05, 3.63) is 58.3 Å². The number of hydrogen-bond acceptors (Lipinski definition) is 3. The van der Waals surface area contributed by atoms with E-state index in [1.807, 2.05) is 20.2 Å². The molecule has 0 spiro atoms. The quantitative estimate of drug-likeness (QED) is 0.342. The Morgan fingerprint density at radius 2 is 2.11 bits per heavy atom. The molecule has 146 valence electrons. The molecule has 1 unspecified atom stereocenters. The highest BCUT2D eigenvalue weighted by Crippen LogP contribution is 2.28. The molecule has 0 amide bonds. The molecule has 7 heteroatoms. The fraction of sp³-hybridized carbons (Fsp3) is 0.400. The fourth-order valence-electron chi connectivity index (χ4n) is 3.16. The topological polar surface area (TPSA) is 52.6 Å². The van der Waals surface area contributed by atoms with E-state index in [1.165, 1.54) is 11.3 Å². The highest BCUT2D eigenvalue weighted by molar-refractivity contribution is 14.0. The molecule has 1 aliphatic rings. The van der Waals surface area contributed by atoms with E-state index in [0.29, 0.717) is 6.04 Å². The van der Waals surface area contributed by atoms with Crippen LogP contribution in [0.15, 0.2) is 52.1 Å². The van der Waals surface area contributed by atoms with Gasteiger partial charge in [0.05, 0.1) is 5.69 Å². The molecule has 2 heterocycles. The van der Waals surface area contributed by atoms with Crippen LogP contribution in [0.4, 0.5) is 5.69 Å². The SMILES string of the molecule is CN=C(NCCc1ccc(C)nc1)NC1CCN(c2ccccc2Br)C1.I. The first-order chi connectivity index (χ1) is 12.7. The van der Waals surface area contributed by atoms with Gasteiger partial charge in [-0.05, 0) is 59.5 Å². The molecular formula is C20H27BrIN5. The van der Waals surface area contributed by atoms with Crippen LogP contribution in [0.5, 0.6) is 0 Å². The number of pyridine rings is 1. The van der Waals surface area contributed by atoms with Crippen LogP contribution in [-0.2, 0) is 6.42 Å². The number of nitrogens with one attached hydrogen (secondary N) is 2. The van der Waals surface area contributed by atoms with Gasteiger partial charge >= 0.3 is 0 Å². The van der Waals surface area contributed by atoms with Crippen LogP contribution in [0.2, 0.25) is 0 Å². The van der Waals surface area contributed by atoms with Crippen LogP contribution in [0.25, 0.3) is 0 Å². The third kappa shape index (κ3) is 6.34. The summed E-state index contributed by atoms with van der Waals surface area (Å²) in [4.78, 5) is 11.1. The van der Waals surface area contributed by atoms with Gasteiger partial charge in [0.25, 0.3) is 0 Å². The highest BCUT2D eigenvalue weighted by Gasteiger charge is 2.24. The molecule has 3 rings (SSSR count). The fourth-order valence-corrected chi connectivity index (χ4v) is 3.70. The molecule has 0 saturated carbocycles. The number of benzene rings is 1. The van der Waals surface area contributed by atoms with Crippen molar-refractivity contribution in [1.82, 2.24) is 15.6 Å². The van der Waals surface area contributed by atoms with Crippen molar-refractivity contribution in [2.45, 2.75) is 25.8 Å². The number of aromatic nitrogens is 1. The van der Waals surface area contributed by atoms with E-state index < -0.39 is 0 Å². The minimum absolute atomic E-state index is 0. The molecule has 2 aromatic rings. The Morgan fingerprint density at radius 3 is 2.81 bits per heavy atom. The Kier molecular flexibility index (Phi) is 8.82. The lowest BCUT2D eigenvalue weighted by Gasteiger charge is -2.21. The summed E-state index contributed by atoms with van der Waals surface area (Å²) < 4.78 is 1.15. The van der Waals surface area contributed by atoms with E-state index in [1.54, 1.807) is 0 Å². The third-order valence-corrected chi connectivity index (χ3v) is 5.30. The van der Waals surface area contributed by atoms with Crippen molar-refractivity contribution in [2.75, 3.05) is 31.6 Å². The van der Waals surface area contributed by atoms with Gasteiger partial charge in [-0.25, -0.2) is 0 Å². The number of nitrogens with zero attached hydrogens (tertiary/aromatic N) is 3. The molecule has 1 aliphatic heterocycles. The van der Waals surface area contributed by atoms with Crippen LogP contribution in [0.3, 0.4) is 0 Å². The zero-order valence-electron chi connectivity index (χ0n) is 15.8. The second-order valence-corrected chi connectivity index (χ2v) is 7.44. The van der Waals surface area contributed by atoms with E-state index in [4.69, 9.17) is 0 Å². The Bertz CT molecular complexity index is 750. The number of anilines is 1. The Balaban J connectivity index is 0.00000261. The number of guanidine groups is 1. The zero-order valence-corrected chi connectivity index (χ0v) is 19.7. The number of halogens is 2. The van der Waals surface area contributed by atoms with Gasteiger partial charge in [0, 0.05) is 49.1 Å². The van der Waals surface area contributed by atoms with Gasteiger partial charge in [-0.1, -0.05) is 18.2 Å². The van der Waals surface area contributed by atoms with Crippen LogP contribution < -0.4 is 15.5 Å². The van der Waals surface area contributed by atoms with Gasteiger partial charge in [0.15, 0.2) is 5.96 Å². The molecule has 2 N–H and O–H groups in total. The average molecular weight is 544 g/mol. The first kappa shape index (κ1) is 21.9. The van der Waals surface area contributed by atoms with E-state index in [-0.39, 0.29) is 24.0 Å². The molecule has 1 fully saturated rings. The van der Waals surface area contributed by atoms with Crippen LogP contribution in [0.1, 0.15) is 17.7 Å². The molecule has 0 radical (unpaired) electrons. The Hall–Kier alpha value is -1.35. The van der Waals surface area contributed by atoms with Crippen molar-refractivity contribution >= 4 is 51.6 Å². The molecule has 5 nitrogen and oxygen atoms in total. The number of para-hydroxylation sites is 1. The lowest BCUT2D eigenvalue weighted by atomic mass is 10.2. The van der Waals surface area contributed by atoms with Gasteiger partial charge in [0.1, 0.15) is 0 Å². The minimum atomic E-state index is 0. The van der Waals surface area contributed by atoms with E-state index in [2.05, 4.69) is 77.8 Å². The van der Waals surface area contributed by atoms with Gasteiger partial charge in [0.2, 0.25) is 0 Å². The summed E-state index contributed by atoms with van der Waals surface area (Å²) >= 11 is 3.65. The van der Waals surface area contributed by atoms with Crippen LogP contribution in [0, 0.1) is 6.92 Å². The predicted octanol–water partition coefficient (Wildman–Crippen LogP) is 3.76. The van der Waals surface area contributed by atoms with Gasteiger partial charge < -0.3 is 15.5 Å². The predicted molar refractivity (Wildman–Crippen MR) is 127 cm³/mol. The first-order valence-corrected chi connectivity index (χ1v) is 9.83. The summed E-state index contributed by atoms with van der Waals surface area (Å²) in [6, 6.07) is 13.0. The Labute approximate surface area is 187 Å². The standard InChI is InChI=1S/C20H26BrN5.HI/c1-15-7-8-16(13-24-15)9-11-23-20(22-2)25-17-10-12-26(14-17)19-6-4-3-5-18(19)21;/h3-8,13,17H,9-12,14H2,1-2H3,(H2,22,23,25);1H. The first-order valence-electron chi connectivity index (χ1n) is 9.04. The molecule has 1 saturated heterocycles. The van der Waals surface area contributed by atoms with Gasteiger partial charge in [-0.2, -0.15) is 0 Å². The number of aliphatic imine (C=N–C) groups is 1. The van der Waals surface area contributed by atoms with E-state index >= 15 is 0 Å². The monoisotopic (exact) mass is 543 g/mol. The second-order valence-electron chi connectivity index (χ2n) is 6.58. The molecule has 0 bridgehead atoms. The Morgan fingerprint density at radius 1 is 1.30 bits per heavy atom. The molecular weight excluding hydrogens is 517 g/mol. The van der Waals surface area contributed by atoms with Gasteiger partial charge in [-0.3, -0.25) is 9.98 Å². The smallest absolute Gasteiger partial charge is 0.191 e. The normalized spacial score (nSPS) is 16.8. The van der Waals surface area contributed by atoms with E-state index in [9.17, 15) is 0 Å². The van der Waals surface area contributed by atoms with Crippen molar-refractivity contribution in [1.29, 1.82) is 0 Å². The number of rotatable bonds is 5. The van der Waals surface area contributed by atoms with Gasteiger partial charge in [-0.15, -0.1) is 24.0 Å². The maximum atomic E-state index is 4.36. The second kappa shape index (κ2) is 10.8. The largest absolute Gasteiger partial charge is 0.368 e. The van der Waals surface area contributed by atoms with E-state index in [0.717, 1.165) is 48.6 Å². The third-order valence-electron chi connectivity index (χ3n) is 4.62. The maximum absolute atomic E-state index is 4.36.